The largest absolute Gasteiger partial charge is 0.468 e. The average molecular weight is 471 g/mol. The van der Waals surface area contributed by atoms with Crippen molar-refractivity contribution in [1.82, 2.24) is 14.5 Å². The molecule has 0 saturated carbocycles. The lowest BCUT2D eigenvalue weighted by Gasteiger charge is -2.20. The molecule has 0 bridgehead atoms. The van der Waals surface area contributed by atoms with E-state index in [1.807, 2.05) is 0 Å². The summed E-state index contributed by atoms with van der Waals surface area (Å²) in [5, 5.41) is 10.7. The number of nitrogens with one attached hydrogen (secondary N) is 1. The fourth-order valence-corrected chi connectivity index (χ4v) is 6.04. The fourth-order valence-electron chi connectivity index (χ4n) is 2.90. The molecular weight excluding hydrogens is 448 g/mol. The average Bonchev–Trinajstić information content (AvgIpc) is 3.00. The summed E-state index contributed by atoms with van der Waals surface area (Å²) in [4.78, 5) is 23.9. The molecular formula is C18H22N4O5S3. The summed E-state index contributed by atoms with van der Waals surface area (Å²) < 4.78 is 32.5. The maximum atomic E-state index is 13.0. The van der Waals surface area contributed by atoms with E-state index < -0.39 is 15.9 Å². The maximum Gasteiger partial charge on any atom is 0.316 e. The second kappa shape index (κ2) is 10.3. The Kier molecular flexibility index (Phi) is 7.81. The van der Waals surface area contributed by atoms with Gasteiger partial charge in [-0.25, -0.2) is 8.42 Å². The Morgan fingerprint density at radius 2 is 1.93 bits per heavy atom. The molecule has 0 aliphatic carbocycles. The molecule has 1 saturated heterocycles. The summed E-state index contributed by atoms with van der Waals surface area (Å²) in [6.07, 6.45) is 3.73. The van der Waals surface area contributed by atoms with Crippen LogP contribution < -0.4 is 5.32 Å². The van der Waals surface area contributed by atoms with Crippen LogP contribution in [0.5, 0.6) is 0 Å². The Morgan fingerprint density at radius 3 is 2.63 bits per heavy atom. The normalized spacial score (nSPS) is 15.4. The molecule has 12 heteroatoms. The highest BCUT2D eigenvalue weighted by Gasteiger charge is 2.26. The third-order valence-electron chi connectivity index (χ3n) is 4.47. The number of esters is 1. The van der Waals surface area contributed by atoms with E-state index in [0.29, 0.717) is 17.4 Å². The van der Waals surface area contributed by atoms with E-state index >= 15 is 0 Å². The SMILES string of the molecule is COC(=O)CSc1nnc(NC(=O)c2cccc(S(=O)(=O)N3CCCCCC3)c2)s1. The van der Waals surface area contributed by atoms with Crippen LogP contribution in [-0.4, -0.2) is 60.7 Å². The molecule has 1 aromatic heterocycles. The monoisotopic (exact) mass is 470 g/mol. The highest BCUT2D eigenvalue weighted by atomic mass is 32.2. The van der Waals surface area contributed by atoms with Crippen LogP contribution in [0.4, 0.5) is 5.13 Å². The van der Waals surface area contributed by atoms with Crippen molar-refractivity contribution in [3.8, 4) is 0 Å². The van der Waals surface area contributed by atoms with Crippen LogP contribution in [0.2, 0.25) is 0 Å². The van der Waals surface area contributed by atoms with Gasteiger partial charge in [-0.1, -0.05) is 42.0 Å². The molecule has 1 aliphatic rings. The molecule has 2 heterocycles. The number of hydrogen-bond acceptors (Lipinski definition) is 9. The molecule has 1 amide bonds. The number of methoxy groups -OCH3 is 1. The molecule has 1 N–H and O–H groups in total. The van der Waals surface area contributed by atoms with Crippen LogP contribution in [0.1, 0.15) is 36.0 Å². The number of carbonyl (C=O) groups excluding carboxylic acids is 2. The smallest absolute Gasteiger partial charge is 0.316 e. The number of anilines is 1. The second-order valence-electron chi connectivity index (χ2n) is 6.54. The minimum Gasteiger partial charge on any atom is -0.468 e. The number of thioether (sulfide) groups is 1. The predicted molar refractivity (Wildman–Crippen MR) is 114 cm³/mol. The van der Waals surface area contributed by atoms with Gasteiger partial charge >= 0.3 is 5.97 Å². The van der Waals surface area contributed by atoms with Gasteiger partial charge in [0.15, 0.2) is 4.34 Å². The standard InChI is InChI=1S/C18H22N4O5S3/c1-27-15(23)12-28-18-21-20-17(29-18)19-16(24)13-7-6-8-14(11-13)30(25,26)22-9-4-2-3-5-10-22/h6-8,11H,2-5,9-10,12H2,1H3,(H,19,20,24). The van der Waals surface area contributed by atoms with Gasteiger partial charge in [0, 0.05) is 18.7 Å². The van der Waals surface area contributed by atoms with Crippen molar-refractivity contribution in [2.24, 2.45) is 0 Å². The van der Waals surface area contributed by atoms with Crippen molar-refractivity contribution >= 4 is 50.1 Å². The first kappa shape index (κ1) is 22.7. The van der Waals surface area contributed by atoms with Crippen molar-refractivity contribution in [2.75, 3.05) is 31.3 Å². The van der Waals surface area contributed by atoms with E-state index in [9.17, 15) is 18.0 Å². The maximum absolute atomic E-state index is 13.0. The van der Waals surface area contributed by atoms with Crippen molar-refractivity contribution in [3.63, 3.8) is 0 Å². The molecule has 162 valence electrons. The number of hydrogen-bond donors (Lipinski definition) is 1. The third kappa shape index (κ3) is 5.78. The molecule has 3 rings (SSSR count). The van der Waals surface area contributed by atoms with Gasteiger partial charge in [0.1, 0.15) is 0 Å². The number of ether oxygens (including phenoxy) is 1. The number of rotatable bonds is 7. The fraction of sp³-hybridized carbons (Fsp3) is 0.444. The molecule has 2 aromatic rings. The zero-order chi connectivity index (χ0) is 21.6. The lowest BCUT2D eigenvalue weighted by Crippen LogP contribution is -2.32. The first-order valence-corrected chi connectivity index (χ1v) is 12.6. The minimum atomic E-state index is -3.65. The number of amides is 1. The van der Waals surface area contributed by atoms with Crippen LogP contribution in [0, 0.1) is 0 Å². The highest BCUT2D eigenvalue weighted by molar-refractivity contribution is 8.01. The number of aromatic nitrogens is 2. The number of nitrogens with zero attached hydrogens (tertiary/aromatic N) is 3. The van der Waals surface area contributed by atoms with Crippen LogP contribution in [0.15, 0.2) is 33.5 Å². The summed E-state index contributed by atoms with van der Waals surface area (Å²) in [6.45, 7) is 0.991. The molecule has 1 aliphatic heterocycles. The van der Waals surface area contributed by atoms with Crippen molar-refractivity contribution in [2.45, 2.75) is 34.9 Å². The Labute approximate surface area is 183 Å². The first-order chi connectivity index (χ1) is 14.4. The molecule has 0 unspecified atom stereocenters. The Balaban J connectivity index is 1.69. The molecule has 9 nitrogen and oxygen atoms in total. The Morgan fingerprint density at radius 1 is 1.20 bits per heavy atom. The van der Waals surface area contributed by atoms with Crippen molar-refractivity contribution < 1.29 is 22.7 Å². The molecule has 0 atom stereocenters. The van der Waals surface area contributed by atoms with Crippen molar-refractivity contribution in [3.05, 3.63) is 29.8 Å². The van der Waals surface area contributed by atoms with Crippen LogP contribution in [0.25, 0.3) is 0 Å². The van der Waals surface area contributed by atoms with Gasteiger partial charge in [0.2, 0.25) is 15.2 Å². The molecule has 30 heavy (non-hydrogen) atoms. The number of benzene rings is 1. The minimum absolute atomic E-state index is 0.0927. The van der Waals surface area contributed by atoms with E-state index in [1.54, 1.807) is 12.1 Å². The van der Waals surface area contributed by atoms with E-state index in [-0.39, 0.29) is 27.3 Å². The first-order valence-electron chi connectivity index (χ1n) is 9.35. The van der Waals surface area contributed by atoms with Crippen LogP contribution in [0.3, 0.4) is 0 Å². The Hall–Kier alpha value is -2.02. The van der Waals surface area contributed by atoms with Gasteiger partial charge in [-0.05, 0) is 31.0 Å². The summed E-state index contributed by atoms with van der Waals surface area (Å²) in [7, 11) is -2.35. The van der Waals surface area contributed by atoms with Gasteiger partial charge in [-0.3, -0.25) is 14.9 Å². The quantitative estimate of drug-likeness (QED) is 0.373. The van der Waals surface area contributed by atoms with Gasteiger partial charge in [0.05, 0.1) is 17.8 Å². The van der Waals surface area contributed by atoms with Crippen LogP contribution >= 0.6 is 23.1 Å². The topological polar surface area (TPSA) is 119 Å². The zero-order valence-electron chi connectivity index (χ0n) is 16.4. The number of sulfonamides is 1. The van der Waals surface area contributed by atoms with E-state index in [2.05, 4.69) is 20.3 Å². The van der Waals surface area contributed by atoms with E-state index in [4.69, 9.17) is 0 Å². The summed E-state index contributed by atoms with van der Waals surface area (Å²) in [5.74, 6) is -0.776. The summed E-state index contributed by atoms with van der Waals surface area (Å²) in [5.41, 5.74) is 0.213. The summed E-state index contributed by atoms with van der Waals surface area (Å²) >= 11 is 2.27. The molecule has 1 aromatic carbocycles. The van der Waals surface area contributed by atoms with Gasteiger partial charge in [-0.2, -0.15) is 4.31 Å². The second-order valence-corrected chi connectivity index (χ2v) is 10.7. The lowest BCUT2D eigenvalue weighted by molar-refractivity contribution is -0.137. The van der Waals surface area contributed by atoms with Gasteiger partial charge in [-0.15, -0.1) is 10.2 Å². The van der Waals surface area contributed by atoms with Gasteiger partial charge < -0.3 is 4.74 Å². The molecule has 0 spiro atoms. The van der Waals surface area contributed by atoms with Crippen LogP contribution in [-0.2, 0) is 19.6 Å². The zero-order valence-corrected chi connectivity index (χ0v) is 18.8. The molecule has 0 radical (unpaired) electrons. The highest BCUT2D eigenvalue weighted by Crippen LogP contribution is 2.26. The summed E-state index contributed by atoms with van der Waals surface area (Å²) in [6, 6.07) is 5.98. The van der Waals surface area contributed by atoms with Gasteiger partial charge in [0.25, 0.3) is 5.91 Å². The molecule has 1 fully saturated rings. The van der Waals surface area contributed by atoms with E-state index in [0.717, 1.165) is 48.8 Å². The number of carbonyl (C=O) groups is 2. The Bertz CT molecular complexity index is 1000. The predicted octanol–water partition coefficient (Wildman–Crippen LogP) is 2.62. The van der Waals surface area contributed by atoms with E-state index in [1.165, 1.54) is 23.5 Å². The van der Waals surface area contributed by atoms with Crippen molar-refractivity contribution in [1.29, 1.82) is 0 Å². The third-order valence-corrected chi connectivity index (χ3v) is 8.31. The lowest BCUT2D eigenvalue weighted by atomic mass is 10.2.